The zero-order valence-corrected chi connectivity index (χ0v) is 15.6. The van der Waals surface area contributed by atoms with E-state index >= 15 is 0 Å². The van der Waals surface area contributed by atoms with E-state index in [0.29, 0.717) is 19.0 Å². The van der Waals surface area contributed by atoms with Gasteiger partial charge in [0, 0.05) is 19.7 Å². The molecule has 3 aromatic rings. The number of rotatable bonds is 9. The van der Waals surface area contributed by atoms with Crippen molar-refractivity contribution in [3.05, 3.63) is 57.3 Å². The Balaban J connectivity index is 1.65. The van der Waals surface area contributed by atoms with Gasteiger partial charge in [-0.1, -0.05) is 11.2 Å². The van der Waals surface area contributed by atoms with E-state index < -0.39 is 10.9 Å². The fraction of sp³-hybridized carbons (Fsp3) is 0.235. The molecular formula is C17H16N4O6S. The van der Waals surface area contributed by atoms with Crippen molar-refractivity contribution in [3.8, 4) is 10.7 Å². The van der Waals surface area contributed by atoms with Crippen molar-refractivity contribution in [1.82, 2.24) is 10.1 Å². The lowest BCUT2D eigenvalue weighted by molar-refractivity contribution is -0.384. The van der Waals surface area contributed by atoms with Crippen molar-refractivity contribution in [2.75, 3.05) is 25.6 Å². The van der Waals surface area contributed by atoms with Crippen molar-refractivity contribution in [3.63, 3.8) is 0 Å². The molecule has 0 aliphatic heterocycles. The van der Waals surface area contributed by atoms with Gasteiger partial charge in [-0.2, -0.15) is 4.98 Å². The molecule has 0 aliphatic carbocycles. The van der Waals surface area contributed by atoms with Crippen molar-refractivity contribution >= 4 is 28.7 Å². The highest BCUT2D eigenvalue weighted by atomic mass is 32.1. The summed E-state index contributed by atoms with van der Waals surface area (Å²) in [4.78, 5) is 27.9. The van der Waals surface area contributed by atoms with Crippen LogP contribution in [0, 0.1) is 10.1 Å². The first-order valence-electron chi connectivity index (χ1n) is 8.13. The Morgan fingerprint density at radius 3 is 2.96 bits per heavy atom. The number of nitrogens with one attached hydrogen (secondary N) is 1. The topological polar surface area (TPSA) is 130 Å². The molecular weight excluding hydrogens is 388 g/mol. The Hall–Kier alpha value is -3.31. The van der Waals surface area contributed by atoms with Crippen molar-refractivity contribution < 1.29 is 23.7 Å². The smallest absolute Gasteiger partial charge is 0.338 e. The summed E-state index contributed by atoms with van der Waals surface area (Å²) in [6, 6.07) is 7.74. The van der Waals surface area contributed by atoms with Gasteiger partial charge in [-0.15, -0.1) is 11.3 Å². The largest absolute Gasteiger partial charge is 0.452 e. The highest BCUT2D eigenvalue weighted by molar-refractivity contribution is 7.13. The molecule has 0 bridgehead atoms. The van der Waals surface area contributed by atoms with E-state index in [1.54, 1.807) is 0 Å². The van der Waals surface area contributed by atoms with Gasteiger partial charge in [-0.25, -0.2) is 4.79 Å². The summed E-state index contributed by atoms with van der Waals surface area (Å²) in [7, 11) is 1.53. The van der Waals surface area contributed by atoms with Crippen LogP contribution in [0.3, 0.4) is 0 Å². The molecule has 0 unspecified atom stereocenters. The van der Waals surface area contributed by atoms with E-state index in [1.807, 2.05) is 17.5 Å². The second kappa shape index (κ2) is 9.06. The Morgan fingerprint density at radius 1 is 1.39 bits per heavy atom. The Kier molecular flexibility index (Phi) is 6.29. The minimum absolute atomic E-state index is 0.0435. The molecule has 0 fully saturated rings. The summed E-state index contributed by atoms with van der Waals surface area (Å²) in [6.07, 6.45) is 0. The fourth-order valence-electron chi connectivity index (χ4n) is 2.28. The van der Waals surface area contributed by atoms with Crippen LogP contribution in [0.4, 0.5) is 11.4 Å². The molecule has 0 saturated carbocycles. The average molecular weight is 404 g/mol. The second-order valence-corrected chi connectivity index (χ2v) is 6.42. The summed E-state index contributed by atoms with van der Waals surface area (Å²) in [5, 5.41) is 19.9. The van der Waals surface area contributed by atoms with Gasteiger partial charge in [0.25, 0.3) is 11.6 Å². The number of methoxy groups -OCH3 is 1. The first-order chi connectivity index (χ1) is 13.6. The minimum atomic E-state index is -0.734. The zero-order valence-electron chi connectivity index (χ0n) is 14.8. The third kappa shape index (κ3) is 4.69. The lowest BCUT2D eigenvalue weighted by Gasteiger charge is -2.08. The van der Waals surface area contributed by atoms with Gasteiger partial charge in [0.15, 0.2) is 6.61 Å². The number of thiophene rings is 1. The van der Waals surface area contributed by atoms with Gasteiger partial charge in [0.2, 0.25) is 5.82 Å². The maximum absolute atomic E-state index is 12.2. The molecule has 28 heavy (non-hydrogen) atoms. The van der Waals surface area contributed by atoms with Crippen LogP contribution in [0.25, 0.3) is 10.7 Å². The highest BCUT2D eigenvalue weighted by Crippen LogP contribution is 2.26. The van der Waals surface area contributed by atoms with Crippen molar-refractivity contribution in [2.45, 2.75) is 6.61 Å². The summed E-state index contributed by atoms with van der Waals surface area (Å²) in [5.74, 6) is -0.199. The van der Waals surface area contributed by atoms with Crippen LogP contribution in [0.15, 0.2) is 40.2 Å². The molecule has 3 rings (SSSR count). The predicted molar refractivity (Wildman–Crippen MR) is 100 cm³/mol. The van der Waals surface area contributed by atoms with E-state index in [1.165, 1.54) is 30.6 Å². The Labute approximate surface area is 163 Å². The summed E-state index contributed by atoms with van der Waals surface area (Å²) >= 11 is 1.45. The number of esters is 1. The first kappa shape index (κ1) is 19.5. The van der Waals surface area contributed by atoms with Crippen LogP contribution in [0.2, 0.25) is 0 Å². The standard InChI is InChI=1S/C17H16N4O6S/c1-25-7-6-18-12-5-4-11(9-13(12)21(23)24)17(22)26-10-15-19-16(20-27-15)14-3-2-8-28-14/h2-5,8-9,18H,6-7,10H2,1H3. The first-order valence-corrected chi connectivity index (χ1v) is 9.01. The van der Waals surface area contributed by atoms with E-state index in [0.717, 1.165) is 10.9 Å². The van der Waals surface area contributed by atoms with Crippen LogP contribution in [-0.2, 0) is 16.1 Å². The fourth-order valence-corrected chi connectivity index (χ4v) is 2.93. The molecule has 2 heterocycles. The number of nitro groups is 1. The molecule has 0 radical (unpaired) electrons. The van der Waals surface area contributed by atoms with Crippen LogP contribution < -0.4 is 5.32 Å². The second-order valence-electron chi connectivity index (χ2n) is 5.47. The summed E-state index contributed by atoms with van der Waals surface area (Å²) < 4.78 is 15.1. The number of carbonyl (C=O) groups excluding carboxylic acids is 1. The number of hydrogen-bond donors (Lipinski definition) is 1. The van der Waals surface area contributed by atoms with Crippen molar-refractivity contribution in [1.29, 1.82) is 0 Å². The zero-order chi connectivity index (χ0) is 19.9. The predicted octanol–water partition coefficient (Wildman–Crippen LogP) is 3.12. The number of aromatic nitrogens is 2. The molecule has 0 atom stereocenters. The van der Waals surface area contributed by atoms with Crippen LogP contribution >= 0.6 is 11.3 Å². The molecule has 1 aromatic carbocycles. The van der Waals surface area contributed by atoms with Crippen LogP contribution in [0.5, 0.6) is 0 Å². The third-order valence-corrected chi connectivity index (χ3v) is 4.45. The maximum Gasteiger partial charge on any atom is 0.338 e. The van der Waals surface area contributed by atoms with E-state index in [9.17, 15) is 14.9 Å². The number of hydrogen-bond acceptors (Lipinski definition) is 10. The van der Waals surface area contributed by atoms with Gasteiger partial charge >= 0.3 is 5.97 Å². The number of nitrogens with zero attached hydrogens (tertiary/aromatic N) is 3. The number of ether oxygens (including phenoxy) is 2. The molecule has 10 nitrogen and oxygen atoms in total. The lowest BCUT2D eigenvalue weighted by atomic mass is 10.1. The van der Waals surface area contributed by atoms with Crippen molar-refractivity contribution in [2.24, 2.45) is 0 Å². The highest BCUT2D eigenvalue weighted by Gasteiger charge is 2.19. The normalized spacial score (nSPS) is 10.6. The molecule has 146 valence electrons. The van der Waals surface area contributed by atoms with Gasteiger partial charge < -0.3 is 19.3 Å². The lowest BCUT2D eigenvalue weighted by Crippen LogP contribution is -2.11. The molecule has 11 heteroatoms. The minimum Gasteiger partial charge on any atom is -0.452 e. The van der Waals surface area contributed by atoms with Crippen LogP contribution in [-0.4, -0.2) is 41.3 Å². The molecule has 0 spiro atoms. The molecule has 0 amide bonds. The molecule has 2 aromatic heterocycles. The van der Waals surface area contributed by atoms with Crippen LogP contribution in [0.1, 0.15) is 16.2 Å². The van der Waals surface area contributed by atoms with Gasteiger partial charge in [-0.3, -0.25) is 10.1 Å². The Bertz CT molecular complexity index is 956. The SMILES string of the molecule is COCCNc1ccc(C(=O)OCc2nc(-c3cccs3)no2)cc1[N+](=O)[O-]. The van der Waals surface area contributed by atoms with Gasteiger partial charge in [0.1, 0.15) is 5.69 Å². The number of anilines is 1. The summed E-state index contributed by atoms with van der Waals surface area (Å²) in [5.41, 5.74) is 0.0985. The van der Waals surface area contributed by atoms with E-state index in [4.69, 9.17) is 14.0 Å². The van der Waals surface area contributed by atoms with E-state index in [2.05, 4.69) is 15.5 Å². The number of carbonyl (C=O) groups is 1. The molecule has 0 aliphatic rings. The van der Waals surface area contributed by atoms with E-state index in [-0.39, 0.29) is 29.4 Å². The monoisotopic (exact) mass is 404 g/mol. The number of benzene rings is 1. The maximum atomic E-state index is 12.2. The Morgan fingerprint density at radius 2 is 2.25 bits per heavy atom. The quantitative estimate of drug-likeness (QED) is 0.247. The van der Waals surface area contributed by atoms with Gasteiger partial charge in [-0.05, 0) is 23.6 Å². The third-order valence-electron chi connectivity index (χ3n) is 3.59. The number of nitro benzene ring substituents is 1. The average Bonchev–Trinajstić information content (AvgIpc) is 3.38. The summed E-state index contributed by atoms with van der Waals surface area (Å²) in [6.45, 7) is 0.544. The van der Waals surface area contributed by atoms with Gasteiger partial charge in [0.05, 0.1) is 22.0 Å². The molecule has 0 saturated heterocycles. The molecule has 1 N–H and O–H groups in total.